The van der Waals surface area contributed by atoms with Gasteiger partial charge in [0.05, 0.1) is 13.2 Å². The molecular weight excluding hydrogens is 376 g/mol. The van der Waals surface area contributed by atoms with Crippen LogP contribution in [0.2, 0.25) is 0 Å². The van der Waals surface area contributed by atoms with E-state index in [1.54, 1.807) is 0 Å². The minimum atomic E-state index is -0.717. The van der Waals surface area contributed by atoms with Crippen molar-refractivity contribution in [3.8, 4) is 11.1 Å². The van der Waals surface area contributed by atoms with Gasteiger partial charge in [-0.15, -0.1) is 0 Å². The fraction of sp³-hybridized carbons (Fsp3) is 0.231. The van der Waals surface area contributed by atoms with Gasteiger partial charge in [-0.1, -0.05) is 72.8 Å². The standard InChI is InChI=1S/C26H22O4/c27-25(21-13-29-21)19-11-9-15-5-1-3-7-17(15)23(19)24-18-8-4-2-6-16(18)10-12-20(24)26(28)22-14-30-22/h1-12,21-22,25-28H,13-14H2/t21-,22-,25-,26+/m1/s1. The topological polar surface area (TPSA) is 65.5 Å². The maximum absolute atomic E-state index is 11.1. The Morgan fingerprint density at radius 1 is 0.600 bits per heavy atom. The van der Waals surface area contributed by atoms with E-state index in [9.17, 15) is 10.2 Å². The van der Waals surface area contributed by atoms with Crippen molar-refractivity contribution in [1.82, 2.24) is 0 Å². The minimum absolute atomic E-state index is 0.181. The lowest BCUT2D eigenvalue weighted by atomic mass is 9.83. The van der Waals surface area contributed by atoms with Gasteiger partial charge < -0.3 is 19.7 Å². The molecule has 2 N–H and O–H groups in total. The van der Waals surface area contributed by atoms with E-state index in [4.69, 9.17) is 9.47 Å². The predicted octanol–water partition coefficient (Wildman–Crippen LogP) is 4.52. The van der Waals surface area contributed by atoms with Crippen LogP contribution in [0.1, 0.15) is 23.3 Å². The van der Waals surface area contributed by atoms with Gasteiger partial charge in [0, 0.05) is 0 Å². The first-order valence-electron chi connectivity index (χ1n) is 10.4. The van der Waals surface area contributed by atoms with Crippen LogP contribution >= 0.6 is 0 Å². The second kappa shape index (κ2) is 6.89. The Bertz CT molecular complexity index is 1160. The van der Waals surface area contributed by atoms with Gasteiger partial charge >= 0.3 is 0 Å². The quantitative estimate of drug-likeness (QED) is 0.485. The summed E-state index contributed by atoms with van der Waals surface area (Å²) in [5.74, 6) is 0. The molecule has 150 valence electrons. The first-order chi connectivity index (χ1) is 14.7. The van der Waals surface area contributed by atoms with Gasteiger partial charge in [-0.25, -0.2) is 0 Å². The van der Waals surface area contributed by atoms with Crippen LogP contribution in [0.15, 0.2) is 72.8 Å². The number of benzene rings is 4. The van der Waals surface area contributed by atoms with Gasteiger partial charge in [0.25, 0.3) is 0 Å². The summed E-state index contributed by atoms with van der Waals surface area (Å²) < 4.78 is 10.8. The summed E-state index contributed by atoms with van der Waals surface area (Å²) in [4.78, 5) is 0. The third kappa shape index (κ3) is 2.92. The normalized spacial score (nSPS) is 22.2. The van der Waals surface area contributed by atoms with E-state index in [1.165, 1.54) is 0 Å². The van der Waals surface area contributed by atoms with Crippen LogP contribution in [0.4, 0.5) is 0 Å². The van der Waals surface area contributed by atoms with E-state index in [1.807, 2.05) is 48.5 Å². The Balaban J connectivity index is 1.73. The number of hydrogen-bond donors (Lipinski definition) is 2. The van der Waals surface area contributed by atoms with Gasteiger partial charge in [0.2, 0.25) is 0 Å². The van der Waals surface area contributed by atoms with Crippen LogP contribution in [0.25, 0.3) is 32.7 Å². The third-order valence-electron chi connectivity index (χ3n) is 6.23. The highest BCUT2D eigenvalue weighted by molar-refractivity contribution is 6.08. The maximum atomic E-state index is 11.1. The summed E-state index contributed by atoms with van der Waals surface area (Å²) in [5, 5.41) is 26.4. The predicted molar refractivity (Wildman–Crippen MR) is 116 cm³/mol. The van der Waals surface area contributed by atoms with Crippen molar-refractivity contribution in [2.45, 2.75) is 24.4 Å². The molecule has 2 fully saturated rings. The molecular formula is C26H22O4. The smallest absolute Gasteiger partial charge is 0.111 e. The lowest BCUT2D eigenvalue weighted by Gasteiger charge is -2.23. The zero-order chi connectivity index (χ0) is 20.2. The average Bonchev–Trinajstić information content (AvgIpc) is 3.70. The van der Waals surface area contributed by atoms with Crippen molar-refractivity contribution in [3.63, 3.8) is 0 Å². The van der Waals surface area contributed by atoms with Crippen LogP contribution in [0, 0.1) is 0 Å². The van der Waals surface area contributed by atoms with Crippen molar-refractivity contribution in [2.24, 2.45) is 0 Å². The molecule has 2 aliphatic rings. The van der Waals surface area contributed by atoms with E-state index in [0.29, 0.717) is 13.2 Å². The highest BCUT2D eigenvalue weighted by Gasteiger charge is 2.37. The van der Waals surface area contributed by atoms with Crippen molar-refractivity contribution < 1.29 is 19.7 Å². The molecule has 4 heteroatoms. The minimum Gasteiger partial charge on any atom is -0.386 e. The number of hydrogen-bond acceptors (Lipinski definition) is 4. The molecule has 2 saturated heterocycles. The Labute approximate surface area is 174 Å². The van der Waals surface area contributed by atoms with Crippen molar-refractivity contribution >= 4 is 21.5 Å². The number of aliphatic hydroxyl groups excluding tert-OH is 2. The molecule has 0 radical (unpaired) electrons. The summed E-state index contributed by atoms with van der Waals surface area (Å²) >= 11 is 0. The second-order valence-corrected chi connectivity index (χ2v) is 8.14. The summed E-state index contributed by atoms with van der Waals surface area (Å²) in [6.45, 7) is 1.13. The fourth-order valence-corrected chi connectivity index (χ4v) is 4.50. The zero-order valence-electron chi connectivity index (χ0n) is 16.4. The molecule has 0 aromatic heterocycles. The number of epoxide rings is 2. The SMILES string of the molecule is O[C@H](c1ccc2ccccc2c1-c1c([C@H](O)[C@H]2CO2)ccc2ccccc12)[C@H]1CO1. The summed E-state index contributed by atoms with van der Waals surface area (Å²) in [5.41, 5.74) is 3.58. The van der Waals surface area contributed by atoms with E-state index < -0.39 is 12.2 Å². The molecule has 4 aromatic carbocycles. The van der Waals surface area contributed by atoms with Crippen LogP contribution < -0.4 is 0 Å². The van der Waals surface area contributed by atoms with E-state index in [0.717, 1.165) is 43.8 Å². The van der Waals surface area contributed by atoms with Crippen molar-refractivity contribution in [2.75, 3.05) is 13.2 Å². The summed E-state index contributed by atoms with van der Waals surface area (Å²) in [6.07, 6.45) is -1.79. The van der Waals surface area contributed by atoms with Gasteiger partial charge in [0.15, 0.2) is 0 Å². The molecule has 4 atom stereocenters. The maximum Gasteiger partial charge on any atom is 0.111 e. The molecule has 0 amide bonds. The number of ether oxygens (including phenoxy) is 2. The molecule has 0 bridgehead atoms. The molecule has 0 aliphatic carbocycles. The van der Waals surface area contributed by atoms with E-state index >= 15 is 0 Å². The number of aliphatic hydroxyl groups is 2. The van der Waals surface area contributed by atoms with Crippen LogP contribution in [0.3, 0.4) is 0 Å². The van der Waals surface area contributed by atoms with Crippen molar-refractivity contribution in [1.29, 1.82) is 0 Å². The number of rotatable bonds is 5. The number of fused-ring (bicyclic) bond motifs is 2. The van der Waals surface area contributed by atoms with Gasteiger partial charge in [-0.2, -0.15) is 0 Å². The summed E-state index contributed by atoms with van der Waals surface area (Å²) in [7, 11) is 0. The fourth-order valence-electron chi connectivity index (χ4n) is 4.50. The lowest BCUT2D eigenvalue weighted by Crippen LogP contribution is -2.11. The molecule has 4 nitrogen and oxygen atoms in total. The van der Waals surface area contributed by atoms with Gasteiger partial charge in [-0.3, -0.25) is 0 Å². The molecule has 2 heterocycles. The second-order valence-electron chi connectivity index (χ2n) is 8.14. The highest BCUT2D eigenvalue weighted by Crippen LogP contribution is 2.45. The largest absolute Gasteiger partial charge is 0.386 e. The summed E-state index contributed by atoms with van der Waals surface area (Å²) in [6, 6.07) is 24.5. The van der Waals surface area contributed by atoms with Crippen molar-refractivity contribution in [3.05, 3.63) is 83.9 Å². The lowest BCUT2D eigenvalue weighted by molar-refractivity contribution is 0.136. The highest BCUT2D eigenvalue weighted by atomic mass is 16.6. The molecule has 30 heavy (non-hydrogen) atoms. The first-order valence-corrected chi connectivity index (χ1v) is 10.4. The molecule has 4 aromatic rings. The Morgan fingerprint density at radius 2 is 1.00 bits per heavy atom. The van der Waals surface area contributed by atoms with Gasteiger partial charge in [-0.05, 0) is 43.8 Å². The zero-order valence-corrected chi connectivity index (χ0v) is 16.4. The monoisotopic (exact) mass is 398 g/mol. The third-order valence-corrected chi connectivity index (χ3v) is 6.23. The molecule has 0 spiro atoms. The van der Waals surface area contributed by atoms with Crippen LogP contribution in [-0.2, 0) is 9.47 Å². The molecule has 2 aliphatic heterocycles. The van der Waals surface area contributed by atoms with E-state index in [-0.39, 0.29) is 12.2 Å². The molecule has 0 saturated carbocycles. The Kier molecular flexibility index (Phi) is 4.15. The van der Waals surface area contributed by atoms with Crippen LogP contribution in [-0.4, -0.2) is 35.6 Å². The van der Waals surface area contributed by atoms with E-state index in [2.05, 4.69) is 24.3 Å². The molecule has 6 rings (SSSR count). The average molecular weight is 398 g/mol. The van der Waals surface area contributed by atoms with Gasteiger partial charge in [0.1, 0.15) is 24.4 Å². The Morgan fingerprint density at radius 3 is 1.40 bits per heavy atom. The first kappa shape index (κ1) is 18.0. The van der Waals surface area contributed by atoms with Crippen LogP contribution in [0.5, 0.6) is 0 Å². The molecule has 0 unspecified atom stereocenters. The Hall–Kier alpha value is -2.76.